The third kappa shape index (κ3) is 4.29. The molecule has 1 heterocycles. The maximum absolute atomic E-state index is 10.7. The minimum absolute atomic E-state index is 0.0858. The number of nitrogens with zero attached hydrogens (tertiary/aromatic N) is 2. The van der Waals surface area contributed by atoms with Gasteiger partial charge in [-0.2, -0.15) is 0 Å². The molecule has 1 fully saturated rings. The number of aliphatic hydroxyl groups is 1. The number of nitro groups is 1. The lowest BCUT2D eigenvalue weighted by Gasteiger charge is -2.28. The van der Waals surface area contributed by atoms with Gasteiger partial charge in [0.15, 0.2) is 0 Å². The third-order valence-corrected chi connectivity index (χ3v) is 3.51. The minimum atomic E-state index is -0.458. The number of aliphatic hydroxyl groups excluding tert-OH is 1. The summed E-state index contributed by atoms with van der Waals surface area (Å²) in [7, 11) is 0. The summed E-state index contributed by atoms with van der Waals surface area (Å²) < 4.78 is 0. The Morgan fingerprint density at radius 2 is 2.05 bits per heavy atom. The van der Waals surface area contributed by atoms with E-state index in [1.807, 2.05) is 6.07 Å². The first-order valence-electron chi connectivity index (χ1n) is 6.79. The molecule has 0 radical (unpaired) electrons. The Labute approximate surface area is 113 Å². The molecular weight excluding hydrogens is 244 g/mol. The number of likely N-dealkylation sites (tertiary alicyclic amines) is 1. The molecule has 1 saturated heterocycles. The van der Waals surface area contributed by atoms with Gasteiger partial charge in [0.2, 0.25) is 0 Å². The van der Waals surface area contributed by atoms with Crippen molar-refractivity contribution in [2.24, 2.45) is 0 Å². The van der Waals surface area contributed by atoms with Gasteiger partial charge in [0, 0.05) is 18.7 Å². The van der Waals surface area contributed by atoms with Gasteiger partial charge in [0.05, 0.1) is 11.0 Å². The van der Waals surface area contributed by atoms with Crippen LogP contribution >= 0.6 is 0 Å². The van der Waals surface area contributed by atoms with Crippen LogP contribution in [0.15, 0.2) is 24.3 Å². The monoisotopic (exact) mass is 264 g/mol. The summed E-state index contributed by atoms with van der Waals surface area (Å²) in [5, 5.41) is 20.8. The summed E-state index contributed by atoms with van der Waals surface area (Å²) in [6.45, 7) is 2.75. The Morgan fingerprint density at radius 1 is 1.32 bits per heavy atom. The Kier molecular flexibility index (Phi) is 4.87. The van der Waals surface area contributed by atoms with E-state index in [1.165, 1.54) is 25.3 Å². The van der Waals surface area contributed by atoms with Crippen LogP contribution in [0.25, 0.3) is 0 Å². The summed E-state index contributed by atoms with van der Waals surface area (Å²) in [6, 6.07) is 6.51. The quantitative estimate of drug-likeness (QED) is 0.652. The molecule has 104 valence electrons. The molecule has 0 spiro atoms. The van der Waals surface area contributed by atoms with Crippen LogP contribution in [0.4, 0.5) is 5.69 Å². The van der Waals surface area contributed by atoms with E-state index >= 15 is 0 Å². The summed E-state index contributed by atoms with van der Waals surface area (Å²) >= 11 is 0. The van der Waals surface area contributed by atoms with E-state index in [4.69, 9.17) is 0 Å². The predicted molar refractivity (Wildman–Crippen MR) is 73.1 cm³/mol. The van der Waals surface area contributed by atoms with Crippen LogP contribution in [0, 0.1) is 10.1 Å². The normalized spacial score (nSPS) is 18.2. The van der Waals surface area contributed by atoms with E-state index in [0.717, 1.165) is 18.7 Å². The van der Waals surface area contributed by atoms with E-state index in [0.29, 0.717) is 13.0 Å². The van der Waals surface area contributed by atoms with Crippen molar-refractivity contribution in [3.05, 3.63) is 39.9 Å². The third-order valence-electron chi connectivity index (χ3n) is 3.51. The molecule has 1 aliphatic rings. The van der Waals surface area contributed by atoms with E-state index < -0.39 is 11.0 Å². The van der Waals surface area contributed by atoms with Crippen molar-refractivity contribution < 1.29 is 10.0 Å². The van der Waals surface area contributed by atoms with Crippen LogP contribution in [-0.4, -0.2) is 40.7 Å². The molecular formula is C14H20N2O3. The summed E-state index contributed by atoms with van der Waals surface area (Å²) in [5.41, 5.74) is 0.904. The largest absolute Gasteiger partial charge is 0.391 e. The molecule has 1 aromatic carbocycles. The van der Waals surface area contributed by atoms with Crippen molar-refractivity contribution in [3.63, 3.8) is 0 Å². The summed E-state index contributed by atoms with van der Waals surface area (Å²) in [6.07, 6.45) is 3.68. The molecule has 19 heavy (non-hydrogen) atoms. The van der Waals surface area contributed by atoms with Gasteiger partial charge < -0.3 is 10.0 Å². The molecule has 1 N–H and O–H groups in total. The Hall–Kier alpha value is -1.46. The van der Waals surface area contributed by atoms with Crippen LogP contribution in [-0.2, 0) is 6.42 Å². The Morgan fingerprint density at radius 3 is 2.74 bits per heavy atom. The topological polar surface area (TPSA) is 66.6 Å². The summed E-state index contributed by atoms with van der Waals surface area (Å²) in [4.78, 5) is 12.6. The van der Waals surface area contributed by atoms with Gasteiger partial charge in [0.1, 0.15) is 0 Å². The van der Waals surface area contributed by atoms with E-state index in [2.05, 4.69) is 4.90 Å². The predicted octanol–water partition coefficient (Wildman–Crippen LogP) is 1.98. The number of piperidine rings is 1. The Bertz CT molecular complexity index is 430. The zero-order chi connectivity index (χ0) is 13.7. The molecule has 5 heteroatoms. The highest BCUT2D eigenvalue weighted by Crippen LogP contribution is 2.15. The molecule has 1 atom stereocenters. The van der Waals surface area contributed by atoms with Gasteiger partial charge in [0.25, 0.3) is 5.69 Å². The highest BCUT2D eigenvalue weighted by Gasteiger charge is 2.15. The lowest BCUT2D eigenvalue weighted by Crippen LogP contribution is -2.37. The van der Waals surface area contributed by atoms with Crippen LogP contribution < -0.4 is 0 Å². The van der Waals surface area contributed by atoms with Crippen LogP contribution in [0.5, 0.6) is 0 Å². The number of benzene rings is 1. The standard InChI is InChI=1S/C14H20N2O3/c17-14(11-15-7-2-1-3-8-15)10-12-5-4-6-13(9-12)16(18)19/h4-6,9,14,17H,1-3,7-8,10-11H2/t14-/m1/s1. The maximum atomic E-state index is 10.7. The van der Waals surface area contributed by atoms with Crippen molar-refractivity contribution in [3.8, 4) is 0 Å². The van der Waals surface area contributed by atoms with Crippen molar-refractivity contribution in [1.29, 1.82) is 0 Å². The molecule has 2 rings (SSSR count). The van der Waals surface area contributed by atoms with Crippen molar-refractivity contribution in [1.82, 2.24) is 4.90 Å². The number of hydrogen-bond donors (Lipinski definition) is 1. The Balaban J connectivity index is 1.88. The van der Waals surface area contributed by atoms with Gasteiger partial charge in [-0.3, -0.25) is 10.1 Å². The second-order valence-electron chi connectivity index (χ2n) is 5.15. The molecule has 0 aliphatic carbocycles. The zero-order valence-electron chi connectivity index (χ0n) is 11.0. The zero-order valence-corrected chi connectivity index (χ0v) is 11.0. The van der Waals surface area contributed by atoms with Gasteiger partial charge >= 0.3 is 0 Å². The second-order valence-corrected chi connectivity index (χ2v) is 5.15. The maximum Gasteiger partial charge on any atom is 0.269 e. The number of hydrogen-bond acceptors (Lipinski definition) is 4. The fourth-order valence-electron chi connectivity index (χ4n) is 2.57. The highest BCUT2D eigenvalue weighted by molar-refractivity contribution is 5.34. The highest BCUT2D eigenvalue weighted by atomic mass is 16.6. The number of nitro benzene ring substituents is 1. The van der Waals surface area contributed by atoms with E-state index in [1.54, 1.807) is 12.1 Å². The van der Waals surface area contributed by atoms with E-state index in [9.17, 15) is 15.2 Å². The van der Waals surface area contributed by atoms with Crippen LogP contribution in [0.3, 0.4) is 0 Å². The van der Waals surface area contributed by atoms with Crippen molar-refractivity contribution in [2.45, 2.75) is 31.8 Å². The van der Waals surface area contributed by atoms with Crippen molar-refractivity contribution >= 4 is 5.69 Å². The van der Waals surface area contributed by atoms with Crippen LogP contribution in [0.1, 0.15) is 24.8 Å². The smallest absolute Gasteiger partial charge is 0.269 e. The van der Waals surface area contributed by atoms with Gasteiger partial charge in [-0.1, -0.05) is 18.6 Å². The first-order valence-corrected chi connectivity index (χ1v) is 6.79. The fourth-order valence-corrected chi connectivity index (χ4v) is 2.57. The molecule has 0 bridgehead atoms. The first-order chi connectivity index (χ1) is 9.15. The molecule has 0 aromatic heterocycles. The molecule has 1 aliphatic heterocycles. The van der Waals surface area contributed by atoms with Gasteiger partial charge in [-0.25, -0.2) is 0 Å². The SMILES string of the molecule is O=[N+]([O-])c1cccc(C[C@@H](O)CN2CCCCC2)c1. The summed E-state index contributed by atoms with van der Waals surface area (Å²) in [5.74, 6) is 0. The van der Waals surface area contributed by atoms with Crippen molar-refractivity contribution in [2.75, 3.05) is 19.6 Å². The minimum Gasteiger partial charge on any atom is -0.391 e. The average molecular weight is 264 g/mol. The van der Waals surface area contributed by atoms with E-state index in [-0.39, 0.29) is 5.69 Å². The molecule has 0 amide bonds. The number of β-amino-alcohol motifs (C(OH)–C–C–N with tert-alkyl or cyclic N) is 1. The number of non-ortho nitro benzene ring substituents is 1. The number of rotatable bonds is 5. The average Bonchev–Trinajstić information content (AvgIpc) is 2.40. The van der Waals surface area contributed by atoms with Gasteiger partial charge in [-0.15, -0.1) is 0 Å². The molecule has 0 unspecified atom stereocenters. The molecule has 0 saturated carbocycles. The first kappa shape index (κ1) is 14.0. The van der Waals surface area contributed by atoms with Gasteiger partial charge in [-0.05, 0) is 37.9 Å². The lowest BCUT2D eigenvalue weighted by molar-refractivity contribution is -0.384. The fraction of sp³-hybridized carbons (Fsp3) is 0.571. The van der Waals surface area contributed by atoms with Crippen LogP contribution in [0.2, 0.25) is 0 Å². The second kappa shape index (κ2) is 6.63. The molecule has 5 nitrogen and oxygen atoms in total. The molecule has 1 aromatic rings. The lowest BCUT2D eigenvalue weighted by atomic mass is 10.1.